The molecule has 3 nitrogen and oxygen atoms in total. The van der Waals surface area contributed by atoms with E-state index in [4.69, 9.17) is 5.73 Å². The van der Waals surface area contributed by atoms with Crippen molar-refractivity contribution in [2.24, 2.45) is 0 Å². The Balaban J connectivity index is 2.49. The van der Waals surface area contributed by atoms with Crippen molar-refractivity contribution in [3.05, 3.63) is 58.9 Å². The Morgan fingerprint density at radius 1 is 1.20 bits per heavy atom. The summed E-state index contributed by atoms with van der Waals surface area (Å²) >= 11 is 0. The standard InChI is InChI=1S/C14H11F3N2O/c1-8-4-9(7-19-6-8)13(20)11-5-10(14(15,16)17)2-3-12(11)18/h2-7H,18H2,1H3. The van der Waals surface area contributed by atoms with Gasteiger partial charge in [-0.25, -0.2) is 0 Å². The smallest absolute Gasteiger partial charge is 0.398 e. The van der Waals surface area contributed by atoms with E-state index in [0.717, 1.165) is 23.8 Å². The molecule has 1 heterocycles. The molecule has 0 saturated carbocycles. The van der Waals surface area contributed by atoms with Gasteiger partial charge in [0.15, 0.2) is 5.78 Å². The van der Waals surface area contributed by atoms with E-state index in [9.17, 15) is 18.0 Å². The molecule has 2 N–H and O–H groups in total. The first-order chi connectivity index (χ1) is 9.29. The fourth-order valence-electron chi connectivity index (χ4n) is 1.76. The number of carbonyl (C=O) groups is 1. The molecule has 0 fully saturated rings. The maximum absolute atomic E-state index is 12.7. The lowest BCUT2D eigenvalue weighted by molar-refractivity contribution is -0.137. The van der Waals surface area contributed by atoms with Crippen LogP contribution in [0.5, 0.6) is 0 Å². The fourth-order valence-corrected chi connectivity index (χ4v) is 1.76. The molecular weight excluding hydrogens is 269 g/mol. The van der Waals surface area contributed by atoms with Crippen molar-refractivity contribution in [3.8, 4) is 0 Å². The first-order valence-corrected chi connectivity index (χ1v) is 5.72. The summed E-state index contributed by atoms with van der Waals surface area (Å²) in [6.07, 6.45) is -1.67. The molecule has 0 aliphatic heterocycles. The highest BCUT2D eigenvalue weighted by Crippen LogP contribution is 2.31. The fraction of sp³-hybridized carbons (Fsp3) is 0.143. The lowest BCUT2D eigenvalue weighted by Gasteiger charge is -2.10. The third kappa shape index (κ3) is 2.79. The number of carbonyl (C=O) groups excluding carboxylic acids is 1. The van der Waals surface area contributed by atoms with Crippen molar-refractivity contribution in [2.75, 3.05) is 5.73 Å². The number of hydrogen-bond donors (Lipinski definition) is 1. The largest absolute Gasteiger partial charge is 0.416 e. The molecule has 20 heavy (non-hydrogen) atoms. The molecule has 2 aromatic rings. The zero-order valence-corrected chi connectivity index (χ0v) is 10.5. The first-order valence-electron chi connectivity index (χ1n) is 5.72. The van der Waals surface area contributed by atoms with Gasteiger partial charge in [-0.15, -0.1) is 0 Å². The van der Waals surface area contributed by atoms with Crippen molar-refractivity contribution in [1.82, 2.24) is 4.98 Å². The summed E-state index contributed by atoms with van der Waals surface area (Å²) in [6, 6.07) is 4.24. The lowest BCUT2D eigenvalue weighted by atomic mass is 10.00. The van der Waals surface area contributed by atoms with E-state index in [0.29, 0.717) is 0 Å². The molecule has 0 radical (unpaired) electrons. The molecule has 6 heteroatoms. The summed E-state index contributed by atoms with van der Waals surface area (Å²) in [5.74, 6) is -0.579. The minimum atomic E-state index is -4.52. The van der Waals surface area contributed by atoms with E-state index in [2.05, 4.69) is 4.98 Å². The summed E-state index contributed by atoms with van der Waals surface area (Å²) in [6.45, 7) is 1.74. The number of aromatic nitrogens is 1. The number of nitrogens with zero attached hydrogens (tertiary/aromatic N) is 1. The second-order valence-corrected chi connectivity index (χ2v) is 4.38. The number of aryl methyl sites for hydroxylation is 1. The Morgan fingerprint density at radius 3 is 2.50 bits per heavy atom. The highest BCUT2D eigenvalue weighted by molar-refractivity contribution is 6.12. The molecule has 0 spiro atoms. The molecule has 0 aliphatic carbocycles. The van der Waals surface area contributed by atoms with Crippen molar-refractivity contribution < 1.29 is 18.0 Å². The molecule has 0 aliphatic rings. The molecule has 1 aromatic heterocycles. The van der Waals surface area contributed by atoms with Crippen LogP contribution in [0.25, 0.3) is 0 Å². The third-order valence-electron chi connectivity index (χ3n) is 2.76. The zero-order chi connectivity index (χ0) is 14.9. The number of ketones is 1. The SMILES string of the molecule is Cc1cncc(C(=O)c2cc(C(F)(F)F)ccc2N)c1. The second-order valence-electron chi connectivity index (χ2n) is 4.38. The van der Waals surface area contributed by atoms with Crippen molar-refractivity contribution in [3.63, 3.8) is 0 Å². The van der Waals surface area contributed by atoms with Gasteiger partial charge in [-0.2, -0.15) is 13.2 Å². The summed E-state index contributed by atoms with van der Waals surface area (Å²) < 4.78 is 38.0. The number of hydrogen-bond acceptors (Lipinski definition) is 3. The number of nitrogens with two attached hydrogens (primary N) is 1. The van der Waals surface area contributed by atoms with Crippen LogP contribution in [0.2, 0.25) is 0 Å². The average molecular weight is 280 g/mol. The predicted molar refractivity (Wildman–Crippen MR) is 68.3 cm³/mol. The number of nitrogen functional groups attached to an aromatic ring is 1. The predicted octanol–water partition coefficient (Wildman–Crippen LogP) is 3.22. The Kier molecular flexibility index (Phi) is 3.48. The Labute approximate surface area is 113 Å². The van der Waals surface area contributed by atoms with E-state index < -0.39 is 17.5 Å². The number of alkyl halides is 3. The molecule has 104 valence electrons. The summed E-state index contributed by atoms with van der Waals surface area (Å²) in [5.41, 5.74) is 5.47. The monoisotopic (exact) mass is 280 g/mol. The molecule has 0 saturated heterocycles. The molecule has 0 amide bonds. The van der Waals surface area contributed by atoms with Gasteiger partial charge in [0, 0.05) is 29.2 Å². The van der Waals surface area contributed by atoms with Gasteiger partial charge in [0.1, 0.15) is 0 Å². The minimum absolute atomic E-state index is 0.00417. The molecule has 2 rings (SSSR count). The topological polar surface area (TPSA) is 56.0 Å². The van der Waals surface area contributed by atoms with Gasteiger partial charge in [-0.05, 0) is 36.8 Å². The zero-order valence-electron chi connectivity index (χ0n) is 10.5. The summed E-state index contributed by atoms with van der Waals surface area (Å²) in [4.78, 5) is 16.1. The highest BCUT2D eigenvalue weighted by atomic mass is 19.4. The molecular formula is C14H11F3N2O. The maximum atomic E-state index is 12.7. The van der Waals surface area contributed by atoms with E-state index in [1.54, 1.807) is 19.2 Å². The van der Waals surface area contributed by atoms with Crippen molar-refractivity contribution >= 4 is 11.5 Å². The summed E-state index contributed by atoms with van der Waals surface area (Å²) in [7, 11) is 0. The maximum Gasteiger partial charge on any atom is 0.416 e. The van der Waals surface area contributed by atoms with Gasteiger partial charge in [-0.3, -0.25) is 9.78 Å². The number of halogens is 3. The van der Waals surface area contributed by atoms with Crippen LogP contribution in [0.4, 0.5) is 18.9 Å². The lowest BCUT2D eigenvalue weighted by Crippen LogP contribution is -2.11. The first kappa shape index (κ1) is 14.0. The normalized spacial score (nSPS) is 11.4. The van der Waals surface area contributed by atoms with Gasteiger partial charge in [0.25, 0.3) is 0 Å². The van der Waals surface area contributed by atoms with Gasteiger partial charge >= 0.3 is 6.18 Å². The van der Waals surface area contributed by atoms with Gasteiger partial charge in [0.2, 0.25) is 0 Å². The number of pyridine rings is 1. The Morgan fingerprint density at radius 2 is 1.90 bits per heavy atom. The van der Waals surface area contributed by atoms with Crippen LogP contribution in [0.1, 0.15) is 27.0 Å². The average Bonchev–Trinajstić information content (AvgIpc) is 2.37. The van der Waals surface area contributed by atoms with Crippen molar-refractivity contribution in [1.29, 1.82) is 0 Å². The van der Waals surface area contributed by atoms with Crippen LogP contribution in [0.3, 0.4) is 0 Å². The number of benzene rings is 1. The van der Waals surface area contributed by atoms with Crippen molar-refractivity contribution in [2.45, 2.75) is 13.1 Å². The van der Waals surface area contributed by atoms with Crippen LogP contribution in [0.15, 0.2) is 36.7 Å². The van der Waals surface area contributed by atoms with E-state index in [1.165, 1.54) is 6.20 Å². The number of rotatable bonds is 2. The highest BCUT2D eigenvalue weighted by Gasteiger charge is 2.31. The third-order valence-corrected chi connectivity index (χ3v) is 2.76. The van der Waals surface area contributed by atoms with Crippen LogP contribution < -0.4 is 5.73 Å². The van der Waals surface area contributed by atoms with Crippen LogP contribution >= 0.6 is 0 Å². The van der Waals surface area contributed by atoms with Gasteiger partial charge in [0.05, 0.1) is 5.56 Å². The molecule has 1 aromatic carbocycles. The van der Waals surface area contributed by atoms with E-state index in [1.807, 2.05) is 0 Å². The quantitative estimate of drug-likeness (QED) is 0.678. The minimum Gasteiger partial charge on any atom is -0.398 e. The van der Waals surface area contributed by atoms with Gasteiger partial charge in [-0.1, -0.05) is 0 Å². The second kappa shape index (κ2) is 4.96. The molecule has 0 atom stereocenters. The van der Waals surface area contributed by atoms with Crippen LogP contribution in [0, 0.1) is 6.92 Å². The van der Waals surface area contributed by atoms with E-state index in [-0.39, 0.29) is 16.8 Å². The summed E-state index contributed by atoms with van der Waals surface area (Å²) in [5, 5.41) is 0. The van der Waals surface area contributed by atoms with E-state index >= 15 is 0 Å². The Hall–Kier alpha value is -2.37. The van der Waals surface area contributed by atoms with Crippen LogP contribution in [-0.2, 0) is 6.18 Å². The molecule has 0 bridgehead atoms. The van der Waals surface area contributed by atoms with Gasteiger partial charge < -0.3 is 5.73 Å². The molecule has 0 unspecified atom stereocenters. The Bertz CT molecular complexity index is 666. The van der Waals surface area contributed by atoms with Crippen LogP contribution in [-0.4, -0.2) is 10.8 Å². The number of anilines is 1.